The number of ether oxygens (including phenoxy) is 1. The molecule has 0 spiro atoms. The van der Waals surface area contributed by atoms with Gasteiger partial charge in [0.2, 0.25) is 0 Å². The van der Waals surface area contributed by atoms with Gasteiger partial charge < -0.3 is 10.1 Å². The third-order valence-electron chi connectivity index (χ3n) is 2.79. The first kappa shape index (κ1) is 16.0. The van der Waals surface area contributed by atoms with Crippen LogP contribution < -0.4 is 10.1 Å². The van der Waals surface area contributed by atoms with Crippen molar-refractivity contribution in [1.29, 1.82) is 0 Å². The smallest absolute Gasteiger partial charge is 0.153 e. The van der Waals surface area contributed by atoms with Crippen LogP contribution in [-0.4, -0.2) is 39.1 Å². The van der Waals surface area contributed by atoms with E-state index in [2.05, 4.69) is 5.32 Å². The molecule has 0 atom stereocenters. The Kier molecular flexibility index (Phi) is 6.87. The molecule has 0 aromatic heterocycles. The quantitative estimate of drug-likeness (QED) is 0.704. The van der Waals surface area contributed by atoms with E-state index in [9.17, 15) is 8.42 Å². The van der Waals surface area contributed by atoms with E-state index in [1.807, 2.05) is 30.3 Å². The van der Waals surface area contributed by atoms with Crippen molar-refractivity contribution >= 4 is 9.84 Å². The number of hydrogen-bond acceptors (Lipinski definition) is 4. The normalized spacial score (nSPS) is 11.7. The molecule has 1 aromatic carbocycles. The second kappa shape index (κ2) is 8.17. The molecule has 0 radical (unpaired) electrons. The zero-order valence-electron chi connectivity index (χ0n) is 11.6. The van der Waals surface area contributed by atoms with E-state index < -0.39 is 9.84 Å². The Morgan fingerprint density at radius 1 is 1.16 bits per heavy atom. The van der Waals surface area contributed by atoms with Crippen LogP contribution in [0.4, 0.5) is 0 Å². The molecule has 5 heteroatoms. The Morgan fingerprint density at radius 3 is 2.47 bits per heavy atom. The highest BCUT2D eigenvalue weighted by Gasteiger charge is 2.14. The van der Waals surface area contributed by atoms with Gasteiger partial charge in [-0.15, -0.1) is 0 Å². The molecule has 0 aliphatic carbocycles. The summed E-state index contributed by atoms with van der Waals surface area (Å²) in [6, 6.07) is 9.66. The van der Waals surface area contributed by atoms with Crippen molar-refractivity contribution in [2.75, 3.05) is 25.4 Å². The molecule has 0 unspecified atom stereocenters. The standard InChI is InChI=1S/C14H23NO3S/c1-13(2)19(16,17)12-10-15-9-6-11-18-14-7-4-3-5-8-14/h3-5,7-8,13,15H,6,9-12H2,1-2H3. The highest BCUT2D eigenvalue weighted by Crippen LogP contribution is 2.08. The van der Waals surface area contributed by atoms with Crippen LogP contribution in [0.5, 0.6) is 5.75 Å². The summed E-state index contributed by atoms with van der Waals surface area (Å²) in [5.41, 5.74) is 0. The summed E-state index contributed by atoms with van der Waals surface area (Å²) in [5.74, 6) is 1.06. The predicted octanol–water partition coefficient (Wildman–Crippen LogP) is 1.87. The van der Waals surface area contributed by atoms with E-state index in [0.29, 0.717) is 13.2 Å². The van der Waals surface area contributed by atoms with E-state index >= 15 is 0 Å². The van der Waals surface area contributed by atoms with Gasteiger partial charge in [-0.2, -0.15) is 0 Å². The maximum absolute atomic E-state index is 11.5. The molecule has 0 aliphatic heterocycles. The van der Waals surface area contributed by atoms with E-state index in [4.69, 9.17) is 4.74 Å². The van der Waals surface area contributed by atoms with Crippen LogP contribution in [0.2, 0.25) is 0 Å². The van der Waals surface area contributed by atoms with Gasteiger partial charge in [0.15, 0.2) is 9.84 Å². The minimum atomic E-state index is -2.93. The van der Waals surface area contributed by atoms with Crippen molar-refractivity contribution in [3.05, 3.63) is 30.3 Å². The number of nitrogens with one attached hydrogen (secondary N) is 1. The molecule has 4 nitrogen and oxygen atoms in total. The number of para-hydroxylation sites is 1. The highest BCUT2D eigenvalue weighted by atomic mass is 32.2. The van der Waals surface area contributed by atoms with E-state index in [1.165, 1.54) is 0 Å². The molecule has 1 N–H and O–H groups in total. The van der Waals surface area contributed by atoms with E-state index in [1.54, 1.807) is 13.8 Å². The second-order valence-electron chi connectivity index (χ2n) is 4.68. The highest BCUT2D eigenvalue weighted by molar-refractivity contribution is 7.92. The zero-order chi connectivity index (χ0) is 14.1. The summed E-state index contributed by atoms with van der Waals surface area (Å²) >= 11 is 0. The van der Waals surface area contributed by atoms with Gasteiger partial charge in [-0.05, 0) is 38.9 Å². The van der Waals surface area contributed by atoms with Crippen molar-refractivity contribution in [3.63, 3.8) is 0 Å². The SMILES string of the molecule is CC(C)S(=O)(=O)CCNCCCOc1ccccc1. The molecule has 108 valence electrons. The molecule has 0 saturated heterocycles. The molecular weight excluding hydrogens is 262 g/mol. The number of sulfone groups is 1. The summed E-state index contributed by atoms with van der Waals surface area (Å²) in [4.78, 5) is 0. The van der Waals surface area contributed by atoms with Crippen LogP contribution in [0.15, 0.2) is 30.3 Å². The van der Waals surface area contributed by atoms with Gasteiger partial charge in [0, 0.05) is 6.54 Å². The van der Waals surface area contributed by atoms with Gasteiger partial charge in [-0.25, -0.2) is 8.42 Å². The summed E-state index contributed by atoms with van der Waals surface area (Å²) in [5, 5.41) is 2.83. The Labute approximate surface area is 116 Å². The van der Waals surface area contributed by atoms with Gasteiger partial charge in [-0.3, -0.25) is 0 Å². The minimum Gasteiger partial charge on any atom is -0.494 e. The lowest BCUT2D eigenvalue weighted by molar-refractivity contribution is 0.309. The molecule has 1 rings (SSSR count). The Bertz CT molecular complexity index is 443. The zero-order valence-corrected chi connectivity index (χ0v) is 12.4. The van der Waals surface area contributed by atoms with Crippen LogP contribution >= 0.6 is 0 Å². The number of hydrogen-bond donors (Lipinski definition) is 1. The van der Waals surface area contributed by atoms with Crippen molar-refractivity contribution in [1.82, 2.24) is 5.32 Å². The fourth-order valence-electron chi connectivity index (χ4n) is 1.48. The first-order valence-corrected chi connectivity index (χ1v) is 8.34. The predicted molar refractivity (Wildman–Crippen MR) is 78.3 cm³/mol. The first-order chi connectivity index (χ1) is 9.02. The van der Waals surface area contributed by atoms with Crippen molar-refractivity contribution in [3.8, 4) is 5.75 Å². The van der Waals surface area contributed by atoms with Gasteiger partial charge in [0.1, 0.15) is 5.75 Å². The molecule has 19 heavy (non-hydrogen) atoms. The monoisotopic (exact) mass is 285 g/mol. The topological polar surface area (TPSA) is 55.4 Å². The summed E-state index contributed by atoms with van der Waals surface area (Å²) in [6.45, 7) is 5.33. The van der Waals surface area contributed by atoms with Gasteiger partial charge in [0.05, 0.1) is 17.6 Å². The average Bonchev–Trinajstić information content (AvgIpc) is 2.38. The van der Waals surface area contributed by atoms with Gasteiger partial charge >= 0.3 is 0 Å². The largest absolute Gasteiger partial charge is 0.494 e. The van der Waals surface area contributed by atoms with Crippen LogP contribution in [-0.2, 0) is 9.84 Å². The molecule has 0 fully saturated rings. The lowest BCUT2D eigenvalue weighted by Crippen LogP contribution is -2.28. The lowest BCUT2D eigenvalue weighted by Gasteiger charge is -2.09. The molecule has 0 aliphatic rings. The second-order valence-corrected chi connectivity index (χ2v) is 7.36. The number of rotatable bonds is 9. The fraction of sp³-hybridized carbons (Fsp3) is 0.571. The van der Waals surface area contributed by atoms with E-state index in [-0.39, 0.29) is 11.0 Å². The maximum Gasteiger partial charge on any atom is 0.153 e. The molecule has 0 heterocycles. The molecular formula is C14H23NO3S. The van der Waals surface area contributed by atoms with Gasteiger partial charge in [-0.1, -0.05) is 18.2 Å². The van der Waals surface area contributed by atoms with Gasteiger partial charge in [0.25, 0.3) is 0 Å². The number of benzene rings is 1. The van der Waals surface area contributed by atoms with Crippen molar-refractivity contribution in [2.24, 2.45) is 0 Å². The summed E-state index contributed by atoms with van der Waals surface area (Å²) in [6.07, 6.45) is 0.858. The van der Waals surface area contributed by atoms with Crippen LogP contribution in [0.25, 0.3) is 0 Å². The molecule has 0 saturated carbocycles. The Morgan fingerprint density at radius 2 is 1.84 bits per heavy atom. The van der Waals surface area contributed by atoms with E-state index in [0.717, 1.165) is 18.7 Å². The van der Waals surface area contributed by atoms with Crippen LogP contribution in [0.3, 0.4) is 0 Å². The Balaban J connectivity index is 2.03. The summed E-state index contributed by atoms with van der Waals surface area (Å²) < 4.78 is 28.6. The summed E-state index contributed by atoms with van der Waals surface area (Å²) in [7, 11) is -2.93. The fourth-order valence-corrected chi connectivity index (χ4v) is 2.38. The minimum absolute atomic E-state index is 0.199. The van der Waals surface area contributed by atoms with Crippen LogP contribution in [0.1, 0.15) is 20.3 Å². The Hall–Kier alpha value is -1.07. The first-order valence-electron chi connectivity index (χ1n) is 6.62. The molecule has 0 bridgehead atoms. The lowest BCUT2D eigenvalue weighted by atomic mass is 10.3. The third-order valence-corrected chi connectivity index (χ3v) is 5.00. The molecule has 1 aromatic rings. The maximum atomic E-state index is 11.5. The average molecular weight is 285 g/mol. The molecule has 0 amide bonds. The third kappa shape index (κ3) is 6.59. The van der Waals surface area contributed by atoms with Crippen molar-refractivity contribution in [2.45, 2.75) is 25.5 Å². The van der Waals surface area contributed by atoms with Crippen LogP contribution in [0, 0.1) is 0 Å². The van der Waals surface area contributed by atoms with Crippen molar-refractivity contribution < 1.29 is 13.2 Å².